The van der Waals surface area contributed by atoms with Crippen LogP contribution in [-0.2, 0) is 9.53 Å². The van der Waals surface area contributed by atoms with Crippen molar-refractivity contribution in [3.05, 3.63) is 29.8 Å². The van der Waals surface area contributed by atoms with Crippen LogP contribution in [0.5, 0.6) is 0 Å². The van der Waals surface area contributed by atoms with Crippen LogP contribution in [0.1, 0.15) is 5.56 Å². The highest BCUT2D eigenvalue weighted by Crippen LogP contribution is 2.60. The molecule has 5 nitrogen and oxygen atoms in total. The van der Waals surface area contributed by atoms with Gasteiger partial charge in [0.05, 0.1) is 11.6 Å². The number of morpholine rings is 1. The molecule has 0 bridgehead atoms. The van der Waals surface area contributed by atoms with Crippen LogP contribution in [0, 0.1) is 11.3 Å². The first-order valence-corrected chi connectivity index (χ1v) is 7.35. The van der Waals surface area contributed by atoms with Gasteiger partial charge in [0.1, 0.15) is 0 Å². The smallest absolute Gasteiger partial charge is 0.322 e. The minimum Gasteiger partial charge on any atom is -0.322 e. The van der Waals surface area contributed by atoms with Gasteiger partial charge in [-0.15, -0.1) is 4.90 Å². The van der Waals surface area contributed by atoms with Crippen LogP contribution >= 0.6 is 0 Å². The SMILES string of the molecule is N#Cc1cccc(NC(=O)[C@](F)(N2C(F)(F)C(F)(F)OC(F)(F)C2(F)F)C(F)(F)F)c1. The molecule has 1 N–H and O–H groups in total. The highest BCUT2D eigenvalue weighted by atomic mass is 19.4. The van der Waals surface area contributed by atoms with Gasteiger partial charge in [-0.25, -0.2) is 9.13 Å². The molecule has 1 aromatic carbocycles. The molecule has 0 aromatic heterocycles. The van der Waals surface area contributed by atoms with Crippen molar-refractivity contribution in [2.45, 2.75) is 36.3 Å². The summed E-state index contributed by atoms with van der Waals surface area (Å²) in [4.78, 5) is 8.27. The summed E-state index contributed by atoms with van der Waals surface area (Å²) in [6.07, 6.45) is -20.8. The van der Waals surface area contributed by atoms with E-state index in [0.717, 1.165) is 17.4 Å². The number of anilines is 1. The number of alkyl halides is 12. The molecule has 1 aliphatic rings. The van der Waals surface area contributed by atoms with E-state index in [1.54, 1.807) is 0 Å². The Morgan fingerprint density at radius 2 is 1.45 bits per heavy atom. The monoisotopic (exact) mass is 475 g/mol. The second-order valence-corrected chi connectivity index (χ2v) is 5.82. The number of ether oxygens (including phenoxy) is 1. The lowest BCUT2D eigenvalue weighted by atomic mass is 10.1. The first-order valence-electron chi connectivity index (χ1n) is 7.35. The summed E-state index contributed by atoms with van der Waals surface area (Å²) in [5, 5.41) is 9.51. The minimum atomic E-state index is -7.19. The van der Waals surface area contributed by atoms with Crippen molar-refractivity contribution in [2.24, 2.45) is 0 Å². The van der Waals surface area contributed by atoms with E-state index in [0.29, 0.717) is 12.1 Å². The standard InChI is InChI=1S/C14H5F12N3O2/c15-9(10(16,17)18,8(30)28-7-3-1-2-6(4-7)5-27)29-11(19,20)13(23,24)31-14(25,26)12(29,21)22/h1-4H,(H,28,30)/t9-/m0/s1. The third-order valence-corrected chi connectivity index (χ3v) is 3.75. The molecule has 1 aromatic rings. The number of carbonyl (C=O) groups excluding carboxylic acids is 1. The molecule has 1 heterocycles. The zero-order valence-corrected chi connectivity index (χ0v) is 14.1. The number of rotatable bonds is 3. The summed E-state index contributed by atoms with van der Waals surface area (Å²) >= 11 is 0. The molecule has 17 heteroatoms. The number of halogens is 12. The third-order valence-electron chi connectivity index (χ3n) is 3.75. The maximum atomic E-state index is 14.8. The highest BCUT2D eigenvalue weighted by molar-refractivity contribution is 5.97. The van der Waals surface area contributed by atoms with Crippen molar-refractivity contribution in [1.29, 1.82) is 5.26 Å². The molecule has 1 saturated heterocycles. The van der Waals surface area contributed by atoms with Crippen LogP contribution in [-0.4, -0.2) is 47.1 Å². The average Bonchev–Trinajstić information content (AvgIpc) is 2.58. The largest absolute Gasteiger partial charge is 0.446 e. The Bertz CT molecular complexity index is 900. The molecule has 31 heavy (non-hydrogen) atoms. The topological polar surface area (TPSA) is 65.4 Å². The molecule has 0 saturated carbocycles. The number of hydrogen-bond donors (Lipinski definition) is 1. The summed E-state index contributed by atoms with van der Waals surface area (Å²) in [5.74, 6) is -10.4. The van der Waals surface area contributed by atoms with Gasteiger partial charge >= 0.3 is 36.3 Å². The number of carbonyl (C=O) groups is 1. The summed E-state index contributed by atoms with van der Waals surface area (Å²) in [6.45, 7) is 0. The molecule has 172 valence electrons. The number of nitrogens with zero attached hydrogens (tertiary/aromatic N) is 2. The van der Waals surface area contributed by atoms with Gasteiger partial charge in [-0.2, -0.15) is 53.6 Å². The number of hydrogen-bond acceptors (Lipinski definition) is 4. The predicted octanol–water partition coefficient (Wildman–Crippen LogP) is 4.43. The van der Waals surface area contributed by atoms with Gasteiger partial charge in [-0.3, -0.25) is 4.79 Å². The average molecular weight is 475 g/mol. The quantitative estimate of drug-likeness (QED) is 0.519. The van der Waals surface area contributed by atoms with Crippen molar-refractivity contribution >= 4 is 11.6 Å². The number of benzene rings is 1. The maximum absolute atomic E-state index is 14.8. The Kier molecular flexibility index (Phi) is 5.45. The second kappa shape index (κ2) is 6.88. The zero-order valence-electron chi connectivity index (χ0n) is 14.1. The minimum absolute atomic E-state index is 0.422. The van der Waals surface area contributed by atoms with Crippen LogP contribution in [0.15, 0.2) is 24.3 Å². The summed E-state index contributed by atoms with van der Waals surface area (Å²) in [7, 11) is 0. The van der Waals surface area contributed by atoms with Crippen molar-refractivity contribution in [3.63, 3.8) is 0 Å². The first-order chi connectivity index (χ1) is 13.8. The van der Waals surface area contributed by atoms with E-state index < -0.39 is 58.3 Å². The van der Waals surface area contributed by atoms with Crippen LogP contribution in [0.25, 0.3) is 0 Å². The van der Waals surface area contributed by atoms with Crippen LogP contribution in [0.3, 0.4) is 0 Å². The van der Waals surface area contributed by atoms with Crippen LogP contribution in [0.4, 0.5) is 58.4 Å². The van der Waals surface area contributed by atoms with Gasteiger partial charge in [0.2, 0.25) is 0 Å². The molecule has 1 atom stereocenters. The van der Waals surface area contributed by atoms with Crippen molar-refractivity contribution in [2.75, 3.05) is 5.32 Å². The lowest BCUT2D eigenvalue weighted by Gasteiger charge is -2.51. The second-order valence-electron chi connectivity index (χ2n) is 5.82. The van der Waals surface area contributed by atoms with Crippen molar-refractivity contribution in [1.82, 2.24) is 4.90 Å². The normalized spacial score (nSPS) is 24.0. The van der Waals surface area contributed by atoms with Gasteiger partial charge in [0, 0.05) is 5.69 Å². The number of amides is 1. The Morgan fingerprint density at radius 1 is 0.968 bits per heavy atom. The van der Waals surface area contributed by atoms with E-state index in [1.165, 1.54) is 6.07 Å². The van der Waals surface area contributed by atoms with Gasteiger partial charge in [-0.1, -0.05) is 6.07 Å². The molecule has 1 amide bonds. The fourth-order valence-corrected chi connectivity index (χ4v) is 2.34. The molecule has 0 aliphatic carbocycles. The Hall–Kier alpha value is -2.74. The molecule has 0 spiro atoms. The Morgan fingerprint density at radius 3 is 1.87 bits per heavy atom. The van der Waals surface area contributed by atoms with E-state index in [-0.39, 0.29) is 0 Å². The van der Waals surface area contributed by atoms with Crippen molar-refractivity contribution in [3.8, 4) is 6.07 Å². The zero-order chi connectivity index (χ0) is 24.3. The number of nitrogens with one attached hydrogen (secondary N) is 1. The Balaban J connectivity index is 2.72. The fourth-order valence-electron chi connectivity index (χ4n) is 2.34. The van der Waals surface area contributed by atoms with Gasteiger partial charge in [0.25, 0.3) is 5.91 Å². The first kappa shape index (κ1) is 24.5. The van der Waals surface area contributed by atoms with Crippen LogP contribution in [0.2, 0.25) is 0 Å². The predicted molar refractivity (Wildman–Crippen MR) is 72.4 cm³/mol. The molecular formula is C14H5F12N3O2. The van der Waals surface area contributed by atoms with E-state index >= 15 is 0 Å². The Labute approximate surface area is 162 Å². The molecule has 0 radical (unpaired) electrons. The molecular weight excluding hydrogens is 470 g/mol. The van der Waals surface area contributed by atoms with Gasteiger partial charge in [0.15, 0.2) is 0 Å². The van der Waals surface area contributed by atoms with Gasteiger partial charge in [-0.05, 0) is 18.2 Å². The summed E-state index contributed by atoms with van der Waals surface area (Å²) in [6, 6.07) is -9.89. The molecule has 0 unspecified atom stereocenters. The van der Waals surface area contributed by atoms with E-state index in [1.807, 2.05) is 4.74 Å². The van der Waals surface area contributed by atoms with E-state index in [9.17, 15) is 57.5 Å². The maximum Gasteiger partial charge on any atom is 0.446 e. The lowest BCUT2D eigenvalue weighted by molar-refractivity contribution is -0.582. The van der Waals surface area contributed by atoms with E-state index in [4.69, 9.17) is 5.26 Å². The van der Waals surface area contributed by atoms with Gasteiger partial charge < -0.3 is 5.32 Å². The molecule has 1 aliphatic heterocycles. The van der Waals surface area contributed by atoms with E-state index in [2.05, 4.69) is 0 Å². The molecule has 1 fully saturated rings. The lowest BCUT2D eigenvalue weighted by Crippen LogP contribution is -2.82. The summed E-state index contributed by atoms with van der Waals surface area (Å²) < 4.78 is 165. The third kappa shape index (κ3) is 3.52. The highest BCUT2D eigenvalue weighted by Gasteiger charge is 2.90. The van der Waals surface area contributed by atoms with Crippen LogP contribution < -0.4 is 5.32 Å². The fraction of sp³-hybridized carbons (Fsp3) is 0.429. The molecule has 2 rings (SSSR count). The van der Waals surface area contributed by atoms with Crippen molar-refractivity contribution < 1.29 is 62.2 Å². The number of nitriles is 1. The summed E-state index contributed by atoms with van der Waals surface area (Å²) in [5.41, 5.74) is -1.40.